The lowest BCUT2D eigenvalue weighted by Crippen LogP contribution is -2.39. The van der Waals surface area contributed by atoms with Crippen molar-refractivity contribution in [3.63, 3.8) is 0 Å². The Morgan fingerprint density at radius 1 is 1.27 bits per heavy atom. The Morgan fingerprint density at radius 3 is 3.00 bits per heavy atom. The van der Waals surface area contributed by atoms with Gasteiger partial charge in [-0.1, -0.05) is 18.2 Å². The van der Waals surface area contributed by atoms with Crippen LogP contribution in [-0.4, -0.2) is 46.7 Å². The monoisotopic (exact) mass is 407 g/mol. The van der Waals surface area contributed by atoms with Gasteiger partial charge in [0, 0.05) is 37.5 Å². The van der Waals surface area contributed by atoms with Gasteiger partial charge in [-0.3, -0.25) is 14.9 Å². The van der Waals surface area contributed by atoms with Crippen molar-refractivity contribution in [2.75, 3.05) is 25.0 Å². The van der Waals surface area contributed by atoms with Crippen LogP contribution in [0.4, 0.5) is 5.69 Å². The maximum Gasteiger partial charge on any atom is 0.225 e. The highest BCUT2D eigenvalue weighted by atomic mass is 16.3. The van der Waals surface area contributed by atoms with E-state index in [-0.39, 0.29) is 11.8 Å². The summed E-state index contributed by atoms with van der Waals surface area (Å²) in [6, 6.07) is 11.5. The van der Waals surface area contributed by atoms with Crippen LogP contribution in [0.25, 0.3) is 11.6 Å². The second kappa shape index (κ2) is 9.25. The predicted molar refractivity (Wildman–Crippen MR) is 114 cm³/mol. The van der Waals surface area contributed by atoms with E-state index < -0.39 is 0 Å². The molecule has 1 unspecified atom stereocenters. The van der Waals surface area contributed by atoms with Gasteiger partial charge in [-0.2, -0.15) is 5.10 Å². The third kappa shape index (κ3) is 4.68. The van der Waals surface area contributed by atoms with Crippen molar-refractivity contribution in [1.29, 1.82) is 0 Å². The summed E-state index contributed by atoms with van der Waals surface area (Å²) >= 11 is 0. The van der Waals surface area contributed by atoms with Gasteiger partial charge in [-0.15, -0.1) is 0 Å². The Bertz CT molecular complexity index is 1010. The highest BCUT2D eigenvalue weighted by Gasteiger charge is 2.24. The number of guanidine groups is 1. The van der Waals surface area contributed by atoms with Crippen LogP contribution in [0.2, 0.25) is 0 Å². The largest absolute Gasteiger partial charge is 0.461 e. The number of anilines is 1. The number of hydrogen-bond acceptors (Lipinski definition) is 5. The molecule has 1 aliphatic rings. The number of amides is 1. The quantitative estimate of drug-likeness (QED) is 0.352. The third-order valence-electron chi connectivity index (χ3n) is 4.85. The average Bonchev–Trinajstić information content (AvgIpc) is 3.43. The number of furan rings is 1. The van der Waals surface area contributed by atoms with E-state index in [2.05, 4.69) is 37.2 Å². The van der Waals surface area contributed by atoms with E-state index in [1.54, 1.807) is 12.3 Å². The first-order valence-electron chi connectivity index (χ1n) is 10.1. The van der Waals surface area contributed by atoms with E-state index in [4.69, 9.17) is 9.41 Å². The molecule has 4 N–H and O–H groups in total. The number of aromatic nitrogens is 3. The molecule has 0 fully saturated rings. The number of hydrogen-bond donors (Lipinski definition) is 4. The molecule has 3 aromatic rings. The number of fused-ring (bicyclic) bond motifs is 1. The van der Waals surface area contributed by atoms with Crippen LogP contribution in [0.1, 0.15) is 30.7 Å². The van der Waals surface area contributed by atoms with E-state index in [1.807, 2.05) is 31.2 Å². The second-order valence-corrected chi connectivity index (χ2v) is 7.02. The lowest BCUT2D eigenvalue weighted by Gasteiger charge is -2.24. The molecule has 0 spiro atoms. The third-order valence-corrected chi connectivity index (χ3v) is 4.85. The average molecular weight is 407 g/mol. The zero-order valence-electron chi connectivity index (χ0n) is 16.8. The molecule has 1 atom stereocenters. The summed E-state index contributed by atoms with van der Waals surface area (Å²) in [5.74, 6) is 2.76. The predicted octanol–water partition coefficient (Wildman–Crippen LogP) is 2.29. The fourth-order valence-corrected chi connectivity index (χ4v) is 3.43. The second-order valence-electron chi connectivity index (χ2n) is 7.02. The van der Waals surface area contributed by atoms with Gasteiger partial charge in [0.05, 0.1) is 12.8 Å². The van der Waals surface area contributed by atoms with Gasteiger partial charge in [-0.25, -0.2) is 4.98 Å². The molecule has 0 saturated carbocycles. The van der Waals surface area contributed by atoms with Crippen molar-refractivity contribution in [3.05, 3.63) is 54.0 Å². The Hall–Kier alpha value is -3.62. The Balaban J connectivity index is 1.35. The van der Waals surface area contributed by atoms with E-state index in [1.165, 1.54) is 0 Å². The van der Waals surface area contributed by atoms with Crippen molar-refractivity contribution < 1.29 is 9.21 Å². The van der Waals surface area contributed by atoms with Crippen molar-refractivity contribution in [1.82, 2.24) is 25.8 Å². The molecule has 9 nitrogen and oxygen atoms in total. The van der Waals surface area contributed by atoms with E-state index in [0.29, 0.717) is 43.5 Å². The van der Waals surface area contributed by atoms with Crippen molar-refractivity contribution in [2.24, 2.45) is 4.99 Å². The molecule has 2 aromatic heterocycles. The summed E-state index contributed by atoms with van der Waals surface area (Å²) in [5.41, 5.74) is 2.01. The zero-order chi connectivity index (χ0) is 20.8. The summed E-state index contributed by atoms with van der Waals surface area (Å²) in [4.78, 5) is 21.2. The maximum atomic E-state index is 12.0. The molecular weight excluding hydrogens is 382 g/mol. The maximum absolute atomic E-state index is 12.0. The normalized spacial score (nSPS) is 16.1. The number of aliphatic imine (C=N–C) groups is 1. The molecule has 0 aliphatic carbocycles. The topological polar surface area (TPSA) is 120 Å². The molecule has 3 heterocycles. The lowest BCUT2D eigenvalue weighted by atomic mass is 9.91. The molecule has 0 saturated heterocycles. The number of H-pyrrole nitrogens is 1. The number of rotatable bonds is 7. The van der Waals surface area contributed by atoms with E-state index >= 15 is 0 Å². The first-order chi connectivity index (χ1) is 14.7. The van der Waals surface area contributed by atoms with Crippen molar-refractivity contribution in [3.8, 4) is 11.6 Å². The zero-order valence-corrected chi connectivity index (χ0v) is 16.8. The molecule has 0 radical (unpaired) electrons. The van der Waals surface area contributed by atoms with Gasteiger partial charge in [0.2, 0.25) is 11.7 Å². The fourth-order valence-electron chi connectivity index (χ4n) is 3.43. The number of carbonyl (C=O) groups excluding carboxylic acids is 1. The van der Waals surface area contributed by atoms with Crippen LogP contribution < -0.4 is 16.0 Å². The SMILES string of the molecule is CCNC(=NCC1CC(=O)Nc2ccccc21)NCCc1nc(-c2ccco2)n[nH]1. The van der Waals surface area contributed by atoms with Crippen LogP contribution in [0.5, 0.6) is 0 Å². The van der Waals surface area contributed by atoms with Gasteiger partial charge < -0.3 is 20.4 Å². The molecule has 30 heavy (non-hydrogen) atoms. The van der Waals surface area contributed by atoms with Gasteiger partial charge >= 0.3 is 0 Å². The summed E-state index contributed by atoms with van der Waals surface area (Å²) in [5, 5.41) is 16.6. The summed E-state index contributed by atoms with van der Waals surface area (Å²) in [7, 11) is 0. The van der Waals surface area contributed by atoms with Gasteiger partial charge in [0.1, 0.15) is 5.82 Å². The van der Waals surface area contributed by atoms with Crippen molar-refractivity contribution >= 4 is 17.6 Å². The standard InChI is InChI=1S/C21H25N7O2/c1-2-22-21(23-10-9-18-26-20(28-27-18)17-8-5-11-30-17)24-13-14-12-19(29)25-16-7-4-3-6-15(14)16/h3-8,11,14H,2,9-10,12-13H2,1H3,(H,25,29)(H2,22,23,24)(H,26,27,28). The minimum absolute atomic E-state index is 0.0320. The number of aromatic amines is 1. The number of para-hydroxylation sites is 1. The number of carbonyl (C=O) groups is 1. The van der Waals surface area contributed by atoms with Crippen LogP contribution in [0.3, 0.4) is 0 Å². The minimum atomic E-state index is 0.0320. The van der Waals surface area contributed by atoms with Gasteiger partial charge in [0.15, 0.2) is 11.7 Å². The summed E-state index contributed by atoms with van der Waals surface area (Å²) < 4.78 is 5.31. The highest BCUT2D eigenvalue weighted by Crippen LogP contribution is 2.31. The lowest BCUT2D eigenvalue weighted by molar-refractivity contribution is -0.116. The molecule has 0 bridgehead atoms. The molecule has 1 aliphatic heterocycles. The smallest absolute Gasteiger partial charge is 0.225 e. The minimum Gasteiger partial charge on any atom is -0.461 e. The van der Waals surface area contributed by atoms with Gasteiger partial charge in [0.25, 0.3) is 0 Å². The van der Waals surface area contributed by atoms with Crippen LogP contribution >= 0.6 is 0 Å². The molecular formula is C21H25N7O2. The van der Waals surface area contributed by atoms with Crippen LogP contribution in [0.15, 0.2) is 52.1 Å². The highest BCUT2D eigenvalue weighted by molar-refractivity contribution is 5.94. The molecule has 1 amide bonds. The van der Waals surface area contributed by atoms with E-state index in [0.717, 1.165) is 23.6 Å². The summed E-state index contributed by atoms with van der Waals surface area (Å²) in [6.45, 7) is 3.94. The fraction of sp³-hybridized carbons (Fsp3) is 0.333. The first kappa shape index (κ1) is 19.7. The Morgan fingerprint density at radius 2 is 2.17 bits per heavy atom. The molecule has 9 heteroatoms. The number of nitrogens with one attached hydrogen (secondary N) is 4. The Labute approximate surface area is 174 Å². The Kier molecular flexibility index (Phi) is 6.07. The van der Waals surface area contributed by atoms with E-state index in [9.17, 15) is 4.79 Å². The molecule has 156 valence electrons. The number of nitrogens with zero attached hydrogens (tertiary/aromatic N) is 3. The molecule has 1 aromatic carbocycles. The molecule has 4 rings (SSSR count). The van der Waals surface area contributed by atoms with Crippen molar-refractivity contribution in [2.45, 2.75) is 25.7 Å². The number of benzene rings is 1. The van der Waals surface area contributed by atoms with Gasteiger partial charge in [-0.05, 0) is 30.7 Å². The first-order valence-corrected chi connectivity index (χ1v) is 10.1. The van der Waals surface area contributed by atoms with Crippen LogP contribution in [0, 0.1) is 0 Å². The van der Waals surface area contributed by atoms with Crippen LogP contribution in [-0.2, 0) is 11.2 Å². The summed E-state index contributed by atoms with van der Waals surface area (Å²) in [6.07, 6.45) is 2.70.